The molecule has 1 spiro atoms. The summed E-state index contributed by atoms with van der Waals surface area (Å²) in [6, 6.07) is 3.91. The first-order valence-electron chi connectivity index (χ1n) is 8.81. The maximum absolute atomic E-state index is 12.4. The van der Waals surface area contributed by atoms with E-state index in [2.05, 4.69) is 15.2 Å². The molecule has 0 aliphatic carbocycles. The number of rotatable bonds is 4. The van der Waals surface area contributed by atoms with Crippen LogP contribution < -0.4 is 10.2 Å². The molecule has 2 aromatic heterocycles. The van der Waals surface area contributed by atoms with E-state index in [0.717, 1.165) is 35.9 Å². The molecule has 7 heteroatoms. The van der Waals surface area contributed by atoms with E-state index in [4.69, 9.17) is 4.74 Å². The van der Waals surface area contributed by atoms with Crippen molar-refractivity contribution in [2.75, 3.05) is 24.5 Å². The summed E-state index contributed by atoms with van der Waals surface area (Å²) in [5.74, 6) is 0.939. The predicted octanol–water partition coefficient (Wildman–Crippen LogP) is 2.93. The molecule has 4 atom stereocenters. The van der Waals surface area contributed by atoms with E-state index in [0.29, 0.717) is 24.5 Å². The molecule has 3 fully saturated rings. The first kappa shape index (κ1) is 15.8. The number of hydrogen-bond acceptors (Lipinski definition) is 6. The van der Waals surface area contributed by atoms with Gasteiger partial charge in [0.05, 0.1) is 16.6 Å². The Balaban J connectivity index is 1.29. The van der Waals surface area contributed by atoms with Gasteiger partial charge in [-0.3, -0.25) is 4.79 Å². The second kappa shape index (κ2) is 5.79. The van der Waals surface area contributed by atoms with Crippen LogP contribution in [0.4, 0.5) is 5.13 Å². The number of thiophene rings is 1. The average molecular weight is 376 g/mol. The lowest BCUT2D eigenvalue weighted by atomic mass is 9.73. The zero-order chi connectivity index (χ0) is 17.0. The van der Waals surface area contributed by atoms with E-state index < -0.39 is 0 Å². The van der Waals surface area contributed by atoms with Gasteiger partial charge in [0.25, 0.3) is 5.91 Å². The lowest BCUT2D eigenvalue weighted by Gasteiger charge is -2.29. The van der Waals surface area contributed by atoms with Gasteiger partial charge in [-0.05, 0) is 31.9 Å². The Morgan fingerprint density at radius 2 is 2.44 bits per heavy atom. The number of aryl methyl sites for hydroxylation is 1. The Morgan fingerprint density at radius 1 is 1.52 bits per heavy atom. The second-order valence-electron chi connectivity index (χ2n) is 7.35. The quantitative estimate of drug-likeness (QED) is 0.893. The highest BCUT2D eigenvalue weighted by molar-refractivity contribution is 7.14. The van der Waals surface area contributed by atoms with E-state index in [1.807, 2.05) is 30.6 Å². The average Bonchev–Trinajstić information content (AvgIpc) is 3.37. The fourth-order valence-corrected chi connectivity index (χ4v) is 6.27. The van der Waals surface area contributed by atoms with E-state index >= 15 is 0 Å². The maximum atomic E-state index is 12.4. The van der Waals surface area contributed by atoms with Gasteiger partial charge in [-0.15, -0.1) is 22.7 Å². The third-order valence-corrected chi connectivity index (χ3v) is 7.77. The summed E-state index contributed by atoms with van der Waals surface area (Å²) in [6.07, 6.45) is 4.42. The minimum absolute atomic E-state index is 0.0226. The van der Waals surface area contributed by atoms with Crippen LogP contribution in [0.5, 0.6) is 0 Å². The highest BCUT2D eigenvalue weighted by atomic mass is 32.1. The SMILES string of the molecule is Cc1ccc(C(=O)NC[C@H]2[C@H]3CN(c4nccs4)C[C@]34CC[C@H]2O4)s1. The van der Waals surface area contributed by atoms with Crippen molar-refractivity contribution in [3.8, 4) is 0 Å². The molecule has 3 aliphatic heterocycles. The maximum Gasteiger partial charge on any atom is 0.261 e. The van der Waals surface area contributed by atoms with Gasteiger partial charge < -0.3 is 15.0 Å². The van der Waals surface area contributed by atoms with Gasteiger partial charge in [0.15, 0.2) is 5.13 Å². The van der Waals surface area contributed by atoms with Gasteiger partial charge in [0.2, 0.25) is 0 Å². The van der Waals surface area contributed by atoms with E-state index in [1.165, 1.54) is 4.88 Å². The first-order chi connectivity index (χ1) is 12.1. The van der Waals surface area contributed by atoms with Crippen LogP contribution in [0.1, 0.15) is 27.4 Å². The molecule has 5 nitrogen and oxygen atoms in total. The molecule has 3 aliphatic rings. The van der Waals surface area contributed by atoms with Crippen LogP contribution in [0.15, 0.2) is 23.7 Å². The van der Waals surface area contributed by atoms with Crippen LogP contribution in [0.2, 0.25) is 0 Å². The summed E-state index contributed by atoms with van der Waals surface area (Å²) in [7, 11) is 0. The predicted molar refractivity (Wildman–Crippen MR) is 99.5 cm³/mol. The molecule has 2 bridgehead atoms. The summed E-state index contributed by atoms with van der Waals surface area (Å²) in [5.41, 5.74) is -0.0226. The number of hydrogen-bond donors (Lipinski definition) is 1. The zero-order valence-electron chi connectivity index (χ0n) is 14.1. The fraction of sp³-hybridized carbons (Fsp3) is 0.556. The molecular formula is C18H21N3O2S2. The highest BCUT2D eigenvalue weighted by Gasteiger charge is 2.63. The topological polar surface area (TPSA) is 54.5 Å². The lowest BCUT2D eigenvalue weighted by molar-refractivity contribution is 0.0141. The number of ether oxygens (including phenoxy) is 1. The number of carbonyl (C=O) groups is 1. The largest absolute Gasteiger partial charge is 0.369 e. The number of carbonyl (C=O) groups excluding carboxylic acids is 1. The van der Waals surface area contributed by atoms with Gasteiger partial charge in [-0.1, -0.05) is 0 Å². The number of thiazole rings is 1. The lowest BCUT2D eigenvalue weighted by Crippen LogP contribution is -2.41. The van der Waals surface area contributed by atoms with Crippen molar-refractivity contribution in [1.82, 2.24) is 10.3 Å². The highest BCUT2D eigenvalue weighted by Crippen LogP contribution is 2.55. The minimum Gasteiger partial charge on any atom is -0.369 e. The van der Waals surface area contributed by atoms with Crippen LogP contribution in [-0.2, 0) is 4.74 Å². The van der Waals surface area contributed by atoms with Crippen LogP contribution >= 0.6 is 22.7 Å². The number of fused-ring (bicyclic) bond motifs is 1. The zero-order valence-corrected chi connectivity index (χ0v) is 15.7. The summed E-state index contributed by atoms with van der Waals surface area (Å²) in [5, 5.41) is 6.28. The van der Waals surface area contributed by atoms with Crippen molar-refractivity contribution < 1.29 is 9.53 Å². The first-order valence-corrected chi connectivity index (χ1v) is 10.5. The monoisotopic (exact) mass is 375 g/mol. The molecule has 132 valence electrons. The normalized spacial score (nSPS) is 33.0. The number of nitrogens with zero attached hydrogens (tertiary/aromatic N) is 2. The Bertz CT molecular complexity index is 790. The van der Waals surface area contributed by atoms with Crippen LogP contribution in [0, 0.1) is 18.8 Å². The molecule has 2 aromatic rings. The smallest absolute Gasteiger partial charge is 0.261 e. The van der Waals surface area contributed by atoms with E-state index in [9.17, 15) is 4.79 Å². The van der Waals surface area contributed by atoms with E-state index in [1.54, 1.807) is 22.7 Å². The number of aromatic nitrogens is 1. The van der Waals surface area contributed by atoms with Crippen molar-refractivity contribution >= 4 is 33.7 Å². The van der Waals surface area contributed by atoms with Gasteiger partial charge in [-0.25, -0.2) is 4.98 Å². The van der Waals surface area contributed by atoms with Crippen LogP contribution in [-0.4, -0.2) is 42.2 Å². The molecule has 5 rings (SSSR count). The van der Waals surface area contributed by atoms with Crippen molar-refractivity contribution in [2.24, 2.45) is 11.8 Å². The summed E-state index contributed by atoms with van der Waals surface area (Å²) in [4.78, 5) is 21.2. The van der Waals surface area contributed by atoms with Gasteiger partial charge in [0.1, 0.15) is 0 Å². The molecule has 0 radical (unpaired) electrons. The van der Waals surface area contributed by atoms with Crippen molar-refractivity contribution in [3.05, 3.63) is 33.5 Å². The number of nitrogens with one attached hydrogen (secondary N) is 1. The summed E-state index contributed by atoms with van der Waals surface area (Å²) < 4.78 is 6.45. The van der Waals surface area contributed by atoms with Crippen LogP contribution in [0.25, 0.3) is 0 Å². The van der Waals surface area contributed by atoms with Gasteiger partial charge in [-0.2, -0.15) is 0 Å². The van der Waals surface area contributed by atoms with Crippen molar-refractivity contribution in [1.29, 1.82) is 0 Å². The number of anilines is 1. The second-order valence-corrected chi connectivity index (χ2v) is 9.51. The summed E-state index contributed by atoms with van der Waals surface area (Å²) >= 11 is 3.24. The number of amides is 1. The van der Waals surface area contributed by atoms with Crippen molar-refractivity contribution in [3.63, 3.8) is 0 Å². The van der Waals surface area contributed by atoms with Crippen molar-refractivity contribution in [2.45, 2.75) is 31.5 Å². The van der Waals surface area contributed by atoms with Crippen LogP contribution in [0.3, 0.4) is 0 Å². The van der Waals surface area contributed by atoms with Gasteiger partial charge >= 0.3 is 0 Å². The third kappa shape index (κ3) is 2.52. The molecule has 1 N–H and O–H groups in total. The molecule has 0 aromatic carbocycles. The Kier molecular flexibility index (Phi) is 3.66. The molecule has 3 saturated heterocycles. The molecule has 5 heterocycles. The molecule has 0 unspecified atom stereocenters. The summed E-state index contributed by atoms with van der Waals surface area (Å²) in [6.45, 7) is 4.66. The fourth-order valence-electron chi connectivity index (χ4n) is 4.84. The molecular weight excluding hydrogens is 354 g/mol. The molecule has 0 saturated carbocycles. The molecule has 25 heavy (non-hydrogen) atoms. The Hall–Kier alpha value is -1.44. The Morgan fingerprint density at radius 3 is 3.20 bits per heavy atom. The Labute approximate surface area is 155 Å². The molecule has 1 amide bonds. The van der Waals surface area contributed by atoms with Gasteiger partial charge in [0, 0.05) is 47.9 Å². The van der Waals surface area contributed by atoms with E-state index in [-0.39, 0.29) is 11.5 Å². The standard InChI is InChI=1S/C18H21N3O2S2/c1-11-2-3-15(25-11)16(22)20-8-12-13-9-21(17-19-6-7-24-17)10-18(13)5-4-14(12)23-18/h2-3,6-7,12-14H,4-5,8-10H2,1H3,(H,20,22)/t12-,13+,14+,18+/m0/s1. The minimum atomic E-state index is -0.0226. The third-order valence-electron chi connectivity index (χ3n) is 5.94.